The van der Waals surface area contributed by atoms with Gasteiger partial charge in [-0.1, -0.05) is 12.1 Å². The van der Waals surface area contributed by atoms with E-state index in [2.05, 4.69) is 0 Å². The van der Waals surface area contributed by atoms with Crippen molar-refractivity contribution in [2.75, 3.05) is 0 Å². The van der Waals surface area contributed by atoms with Crippen molar-refractivity contribution in [1.82, 2.24) is 4.72 Å². The van der Waals surface area contributed by atoms with Crippen molar-refractivity contribution >= 4 is 53.7 Å². The van der Waals surface area contributed by atoms with Crippen LogP contribution in [-0.4, -0.2) is 52.1 Å². The summed E-state index contributed by atoms with van der Waals surface area (Å²) in [5.41, 5.74) is 0.220. The molecule has 1 aliphatic rings. The Hall–Kier alpha value is -0.100. The predicted molar refractivity (Wildman–Crippen MR) is 49.1 cm³/mol. The second kappa shape index (κ2) is 3.57. The molecule has 0 aliphatic carbocycles. The van der Waals surface area contributed by atoms with E-state index >= 15 is 0 Å². The molecule has 0 bridgehead atoms. The average Bonchev–Trinajstić information content (AvgIpc) is 2.25. The molecule has 6 heteroatoms. The number of nitrogens with one attached hydrogen (secondary N) is 1. The van der Waals surface area contributed by atoms with E-state index in [1.807, 2.05) is 4.72 Å². The van der Waals surface area contributed by atoms with Gasteiger partial charge < -0.3 is 2.85 Å². The molecule has 1 aromatic carbocycles. The monoisotopic (exact) mass is 225 g/mol. The van der Waals surface area contributed by atoms with Gasteiger partial charge in [0.2, 0.25) is 0 Å². The van der Waals surface area contributed by atoms with Gasteiger partial charge in [-0.15, -0.1) is 0 Å². The third kappa shape index (κ3) is 1.74. The summed E-state index contributed by atoms with van der Waals surface area (Å²) in [6.45, 7) is 0. The van der Waals surface area contributed by atoms with Crippen LogP contribution in [0.4, 0.5) is 0 Å². The maximum absolute atomic E-state index is 11.1. The average molecular weight is 225 g/mol. The molecule has 1 aromatic rings. The number of benzene rings is 1. The molecule has 66 valence electrons. The maximum Gasteiger partial charge on any atom is 2.00 e. The van der Waals surface area contributed by atoms with Crippen molar-refractivity contribution in [1.29, 1.82) is 0 Å². The van der Waals surface area contributed by atoms with Crippen LogP contribution in [0.15, 0.2) is 29.2 Å². The van der Waals surface area contributed by atoms with Gasteiger partial charge in [-0.05, 0) is 12.1 Å². The number of fused-ring (bicyclic) bond motifs is 1. The standard InChI is InChI=1S/C7H5NO3S.Ca.2H/c9-7-5-3-1-2-4-6(5)12(10,11)8-7;;;/h1-4H,(H,8,9);;;/q;+2;2*-1. The van der Waals surface area contributed by atoms with Crippen LogP contribution in [0.1, 0.15) is 13.2 Å². The molecular weight excluding hydrogens is 218 g/mol. The van der Waals surface area contributed by atoms with Crippen LogP contribution >= 0.6 is 0 Å². The smallest absolute Gasteiger partial charge is 1.00 e. The fourth-order valence-electron chi connectivity index (χ4n) is 1.12. The summed E-state index contributed by atoms with van der Waals surface area (Å²) in [4.78, 5) is 11.1. The van der Waals surface area contributed by atoms with Gasteiger partial charge in [0, 0.05) is 0 Å². The zero-order chi connectivity index (χ0) is 8.77. The van der Waals surface area contributed by atoms with Gasteiger partial charge in [0.25, 0.3) is 15.9 Å². The molecular formula is C7H7CaNO3S. The first kappa shape index (κ1) is 11.0. The molecule has 1 N–H and O–H groups in total. The number of carbonyl (C=O) groups excluding carboxylic acids is 1. The zero-order valence-electron chi connectivity index (χ0n) is 8.65. The summed E-state index contributed by atoms with van der Waals surface area (Å²) in [6.07, 6.45) is 0. The van der Waals surface area contributed by atoms with Crippen LogP contribution in [0.25, 0.3) is 0 Å². The van der Waals surface area contributed by atoms with Crippen molar-refractivity contribution < 1.29 is 16.1 Å². The van der Waals surface area contributed by atoms with Crippen LogP contribution in [0.3, 0.4) is 0 Å². The molecule has 0 radical (unpaired) electrons. The third-order valence-corrected chi connectivity index (χ3v) is 3.04. The third-order valence-electron chi connectivity index (χ3n) is 1.65. The first-order chi connectivity index (χ1) is 5.61. The van der Waals surface area contributed by atoms with Crippen LogP contribution < -0.4 is 4.72 Å². The van der Waals surface area contributed by atoms with Crippen LogP contribution in [0.5, 0.6) is 0 Å². The zero-order valence-corrected chi connectivity index (χ0v) is 9.67. The quantitative estimate of drug-likeness (QED) is 0.630. The van der Waals surface area contributed by atoms with Crippen LogP contribution in [0.2, 0.25) is 0 Å². The van der Waals surface area contributed by atoms with Gasteiger partial charge in [0.15, 0.2) is 0 Å². The predicted octanol–water partition coefficient (Wildman–Crippen LogP) is -0.0371. The summed E-state index contributed by atoms with van der Waals surface area (Å²) in [6, 6.07) is 6.09. The normalized spacial score (nSPS) is 17.1. The van der Waals surface area contributed by atoms with Gasteiger partial charge in [-0.2, -0.15) is 0 Å². The second-order valence-electron chi connectivity index (χ2n) is 2.43. The Bertz CT molecular complexity index is 463. The molecule has 0 unspecified atom stereocenters. The second-order valence-corrected chi connectivity index (χ2v) is 4.08. The number of amides is 1. The number of carbonyl (C=O) groups is 1. The molecule has 0 spiro atoms. The van der Waals surface area contributed by atoms with Crippen molar-refractivity contribution in [2.24, 2.45) is 0 Å². The number of hydrogen-bond donors (Lipinski definition) is 1. The number of hydrogen-bond acceptors (Lipinski definition) is 3. The Morgan fingerprint density at radius 1 is 1.23 bits per heavy atom. The Morgan fingerprint density at radius 2 is 1.85 bits per heavy atom. The number of rotatable bonds is 0. The Kier molecular flexibility index (Phi) is 3.01. The fraction of sp³-hybridized carbons (Fsp3) is 0. The van der Waals surface area contributed by atoms with Crippen molar-refractivity contribution in [2.45, 2.75) is 4.90 Å². The Labute approximate surface area is 108 Å². The minimum Gasteiger partial charge on any atom is -1.00 e. The van der Waals surface area contributed by atoms with Gasteiger partial charge in [-0.25, -0.2) is 13.1 Å². The molecule has 0 saturated heterocycles. The minimum absolute atomic E-state index is 0. The maximum atomic E-state index is 11.1. The molecule has 0 saturated carbocycles. The van der Waals surface area contributed by atoms with Crippen molar-refractivity contribution in [3.8, 4) is 0 Å². The molecule has 1 heterocycles. The van der Waals surface area contributed by atoms with Gasteiger partial charge in [-0.3, -0.25) is 4.79 Å². The van der Waals surface area contributed by atoms with Gasteiger partial charge in [0.1, 0.15) is 4.90 Å². The molecule has 0 atom stereocenters. The van der Waals surface area contributed by atoms with Gasteiger partial charge in [0.05, 0.1) is 5.56 Å². The summed E-state index contributed by atoms with van der Waals surface area (Å²) < 4.78 is 24.2. The van der Waals surface area contributed by atoms with Crippen molar-refractivity contribution in [3.63, 3.8) is 0 Å². The minimum atomic E-state index is -3.55. The van der Waals surface area contributed by atoms with E-state index in [1.54, 1.807) is 12.1 Å². The number of sulfonamides is 1. The van der Waals surface area contributed by atoms with E-state index in [0.717, 1.165) is 0 Å². The van der Waals surface area contributed by atoms with E-state index in [4.69, 9.17) is 0 Å². The van der Waals surface area contributed by atoms with E-state index in [0.29, 0.717) is 0 Å². The topological polar surface area (TPSA) is 63.2 Å². The molecule has 2 rings (SSSR count). The first-order valence-electron chi connectivity index (χ1n) is 3.27. The van der Waals surface area contributed by atoms with Crippen LogP contribution in [-0.2, 0) is 10.0 Å². The largest absolute Gasteiger partial charge is 2.00 e. The van der Waals surface area contributed by atoms with E-state index < -0.39 is 15.9 Å². The molecule has 0 aromatic heterocycles. The summed E-state index contributed by atoms with van der Waals surface area (Å²) in [5, 5.41) is 0. The van der Waals surface area contributed by atoms with E-state index in [1.165, 1.54) is 12.1 Å². The molecule has 1 aliphatic heterocycles. The SMILES string of the molecule is O=C1NS(=O)(=O)c2ccccc21.[Ca+2].[H-].[H-]. The molecule has 4 nitrogen and oxygen atoms in total. The first-order valence-corrected chi connectivity index (χ1v) is 4.76. The van der Waals surface area contributed by atoms with Crippen molar-refractivity contribution in [3.05, 3.63) is 29.8 Å². The summed E-state index contributed by atoms with van der Waals surface area (Å²) in [5.74, 6) is -0.550. The summed E-state index contributed by atoms with van der Waals surface area (Å²) in [7, 11) is -3.55. The van der Waals surface area contributed by atoms with Crippen LogP contribution in [0, 0.1) is 0 Å². The summed E-state index contributed by atoms with van der Waals surface area (Å²) >= 11 is 0. The van der Waals surface area contributed by atoms with Gasteiger partial charge >= 0.3 is 37.7 Å². The van der Waals surface area contributed by atoms with E-state index in [-0.39, 0.29) is 51.1 Å². The fourth-order valence-corrected chi connectivity index (χ4v) is 2.29. The Morgan fingerprint density at radius 3 is 2.46 bits per heavy atom. The molecule has 13 heavy (non-hydrogen) atoms. The van der Waals surface area contributed by atoms with E-state index in [9.17, 15) is 13.2 Å². The molecule has 0 fully saturated rings. The Balaban J connectivity index is 0. The molecule has 1 amide bonds.